The van der Waals surface area contributed by atoms with E-state index in [1.165, 1.54) is 16.3 Å². The van der Waals surface area contributed by atoms with Gasteiger partial charge in [0.25, 0.3) is 5.91 Å². The van der Waals surface area contributed by atoms with Crippen molar-refractivity contribution in [2.24, 2.45) is 5.92 Å². The van der Waals surface area contributed by atoms with Crippen molar-refractivity contribution >= 4 is 53.3 Å². The molecule has 11 heteroatoms. The van der Waals surface area contributed by atoms with E-state index < -0.39 is 19.8 Å². The van der Waals surface area contributed by atoms with Gasteiger partial charge in [-0.1, -0.05) is 78.8 Å². The molecule has 0 radical (unpaired) electrons. The molecular formula is C48H60N4O6Si. The molecule has 4 heterocycles. The summed E-state index contributed by atoms with van der Waals surface area (Å²) in [7, 11) is -0.873. The molecule has 5 atom stereocenters. The molecule has 3 N–H and O–H groups in total. The number of carbonyl (C=O) groups excluding carboxylic acids is 3. The number of aromatic amines is 1. The van der Waals surface area contributed by atoms with Crippen LogP contribution in [-0.2, 0) is 31.1 Å². The van der Waals surface area contributed by atoms with Gasteiger partial charge in [0, 0.05) is 47.4 Å². The first-order valence-electron chi connectivity index (χ1n) is 21.1. The molecule has 0 bridgehead atoms. The largest absolute Gasteiger partial charge is 0.497 e. The first-order valence-corrected chi connectivity index (χ1v) is 24.2. The van der Waals surface area contributed by atoms with Gasteiger partial charge in [-0.15, -0.1) is 0 Å². The Morgan fingerprint density at radius 1 is 1.07 bits per heavy atom. The summed E-state index contributed by atoms with van der Waals surface area (Å²) in [5, 5.41) is 15.5. The van der Waals surface area contributed by atoms with Gasteiger partial charge < -0.3 is 34.7 Å². The molecular weight excluding hydrogens is 757 g/mol. The maximum atomic E-state index is 15.4. The molecule has 1 spiro atoms. The van der Waals surface area contributed by atoms with Crippen LogP contribution in [0.4, 0.5) is 11.4 Å². The number of aliphatic hydroxyl groups excluding tert-OH is 1. The highest BCUT2D eigenvalue weighted by atomic mass is 28.3. The molecule has 3 amide bonds. The normalized spacial score (nSPS) is 23.0. The van der Waals surface area contributed by atoms with E-state index in [0.717, 1.165) is 53.6 Å². The number of hydrogen-bond acceptors (Lipinski definition) is 6. The van der Waals surface area contributed by atoms with E-state index >= 15 is 4.79 Å². The molecule has 0 unspecified atom stereocenters. The zero-order valence-electron chi connectivity index (χ0n) is 35.6. The molecule has 10 nitrogen and oxygen atoms in total. The predicted octanol–water partition coefficient (Wildman–Crippen LogP) is 7.99. The van der Waals surface area contributed by atoms with Gasteiger partial charge in [0.15, 0.2) is 5.60 Å². The highest BCUT2D eigenvalue weighted by molar-refractivity contribution is 6.91. The number of anilines is 2. The third kappa shape index (κ3) is 8.17. The highest BCUT2D eigenvalue weighted by Gasteiger charge is 2.66. The van der Waals surface area contributed by atoms with E-state index in [1.54, 1.807) is 12.0 Å². The maximum Gasteiger partial charge on any atom is 0.264 e. The molecule has 3 aromatic carbocycles. The molecule has 0 aliphatic carbocycles. The number of ether oxygens (including phenoxy) is 2. The summed E-state index contributed by atoms with van der Waals surface area (Å²) in [5.41, 5.74) is 4.85. The molecule has 312 valence electrons. The second-order valence-corrected chi connectivity index (χ2v) is 22.2. The van der Waals surface area contributed by atoms with Crippen LogP contribution in [0.25, 0.3) is 10.9 Å². The van der Waals surface area contributed by atoms with Crippen molar-refractivity contribution in [3.05, 3.63) is 107 Å². The topological polar surface area (TPSA) is 124 Å². The minimum Gasteiger partial charge on any atom is -0.497 e. The first kappa shape index (κ1) is 42.2. The second-order valence-electron chi connectivity index (χ2n) is 17.5. The van der Waals surface area contributed by atoms with Crippen LogP contribution in [0.15, 0.2) is 96.2 Å². The molecule has 0 saturated carbocycles. The van der Waals surface area contributed by atoms with Gasteiger partial charge in [0.2, 0.25) is 11.8 Å². The van der Waals surface area contributed by atoms with Crippen LogP contribution in [0, 0.1) is 5.92 Å². The van der Waals surface area contributed by atoms with Crippen molar-refractivity contribution in [3.63, 3.8) is 0 Å². The van der Waals surface area contributed by atoms with Crippen LogP contribution in [0.3, 0.4) is 0 Å². The summed E-state index contributed by atoms with van der Waals surface area (Å²) in [6.07, 6.45) is 9.38. The number of para-hydroxylation sites is 1. The third-order valence-electron chi connectivity index (χ3n) is 13.1. The highest BCUT2D eigenvalue weighted by Crippen LogP contribution is 2.60. The number of benzene rings is 3. The van der Waals surface area contributed by atoms with Gasteiger partial charge in [-0.05, 0) is 94.0 Å². The maximum absolute atomic E-state index is 15.4. The Balaban J connectivity index is 1.28. The zero-order chi connectivity index (χ0) is 42.1. The molecule has 1 aromatic heterocycles. The van der Waals surface area contributed by atoms with Crippen molar-refractivity contribution < 1.29 is 29.0 Å². The van der Waals surface area contributed by atoms with Gasteiger partial charge in [0.1, 0.15) is 5.75 Å². The Hall–Kier alpha value is -4.97. The quantitative estimate of drug-likeness (QED) is 0.0877. The number of H-pyrrole nitrogens is 1. The van der Waals surface area contributed by atoms with Gasteiger partial charge >= 0.3 is 0 Å². The molecule has 7 rings (SSSR count). The van der Waals surface area contributed by atoms with E-state index in [2.05, 4.69) is 75.4 Å². The Kier molecular flexibility index (Phi) is 12.4. The average Bonchev–Trinajstić information content (AvgIpc) is 3.98. The predicted molar refractivity (Wildman–Crippen MR) is 238 cm³/mol. The summed E-state index contributed by atoms with van der Waals surface area (Å²) >= 11 is 0. The average molecular weight is 817 g/mol. The summed E-state index contributed by atoms with van der Waals surface area (Å²) in [6.45, 7) is 13.9. The Labute approximate surface area is 349 Å². The van der Waals surface area contributed by atoms with Crippen molar-refractivity contribution in [3.8, 4) is 5.75 Å². The number of methoxy groups -OCH3 is 1. The fourth-order valence-electron chi connectivity index (χ4n) is 10.0. The van der Waals surface area contributed by atoms with Crippen LogP contribution in [0.1, 0.15) is 70.9 Å². The van der Waals surface area contributed by atoms with Crippen molar-refractivity contribution in [2.45, 2.75) is 103 Å². The monoisotopic (exact) mass is 816 g/mol. The number of allylic oxidation sites excluding steroid dienone is 3. The molecule has 3 aliphatic rings. The number of fused-ring (bicyclic) bond motifs is 3. The molecule has 59 heavy (non-hydrogen) atoms. The first-order chi connectivity index (χ1) is 28.3. The second kappa shape index (κ2) is 17.3. The number of likely N-dealkylation sites (tertiary alicyclic amines) is 1. The molecule has 4 aromatic rings. The van der Waals surface area contributed by atoms with Crippen LogP contribution in [0.5, 0.6) is 5.75 Å². The molecule has 3 aliphatic heterocycles. The number of nitrogens with zero attached hydrogens (tertiary/aromatic N) is 2. The SMILES string of the molecule is COc1ccc([Si](C)(C)[C@H]2[C@H](CC(=O)N3CCC[C@H]3CO)O[C@@]3(C(=O)N(C/C=C(\C)CCC=C(C)C)c4ccc(NC(=O)Cc5c[nH]c6ccccc56)cc43)[C@@H]2C)cc1. The number of amides is 3. The van der Waals surface area contributed by atoms with Crippen molar-refractivity contribution in [2.75, 3.05) is 37.0 Å². The number of carbonyl (C=O) groups is 3. The number of rotatable bonds is 14. The lowest BCUT2D eigenvalue weighted by Gasteiger charge is -2.37. The van der Waals surface area contributed by atoms with E-state index in [4.69, 9.17) is 9.47 Å². The minimum atomic E-state index is -2.53. The minimum absolute atomic E-state index is 0.0592. The van der Waals surface area contributed by atoms with Gasteiger partial charge in [-0.3, -0.25) is 14.4 Å². The van der Waals surface area contributed by atoms with Gasteiger partial charge in [-0.2, -0.15) is 0 Å². The van der Waals surface area contributed by atoms with Crippen LogP contribution < -0.4 is 20.1 Å². The number of aromatic nitrogens is 1. The lowest BCUT2D eigenvalue weighted by atomic mass is 9.82. The zero-order valence-corrected chi connectivity index (χ0v) is 36.6. The molecule has 2 fully saturated rings. The van der Waals surface area contributed by atoms with E-state index in [9.17, 15) is 14.7 Å². The number of aliphatic hydroxyl groups is 1. The van der Waals surface area contributed by atoms with Crippen molar-refractivity contribution in [1.29, 1.82) is 0 Å². The van der Waals surface area contributed by atoms with Crippen LogP contribution in [0.2, 0.25) is 18.6 Å². The smallest absolute Gasteiger partial charge is 0.264 e. The summed E-state index contributed by atoms with van der Waals surface area (Å²) in [4.78, 5) is 50.2. The molecule has 2 saturated heterocycles. The Morgan fingerprint density at radius 3 is 2.56 bits per heavy atom. The summed E-state index contributed by atoms with van der Waals surface area (Å²) < 4.78 is 12.8. The summed E-state index contributed by atoms with van der Waals surface area (Å²) in [6, 6.07) is 21.6. The van der Waals surface area contributed by atoms with E-state index in [-0.39, 0.29) is 54.7 Å². The standard InChI is InChI=1S/C48H60N4O6Si/c1-31(2)12-10-13-32(3)23-25-52-42-22-17-35(50-44(54)26-34-29-49-41-16-9-8-15-39(34)41)27-40(42)48(47(52)56)33(4)46(59(6,7)38-20-18-37(57-5)19-21-38)43(58-48)28-45(55)51-24-11-14-36(51)30-53/h8-9,12,15-23,27,29,33,36,43,46,49,53H,10-11,13-14,24-26,28,30H2,1-7H3,(H,50,54)/b32-23+/t33-,36+,43+,46-,48+/m1/s1. The fraction of sp³-hybridized carbons (Fsp3) is 0.438. The Morgan fingerprint density at radius 2 is 1.83 bits per heavy atom. The van der Waals surface area contributed by atoms with Gasteiger partial charge in [0.05, 0.1) is 52.5 Å². The lowest BCUT2D eigenvalue weighted by molar-refractivity contribution is -0.149. The summed E-state index contributed by atoms with van der Waals surface area (Å²) in [5.74, 6) is 0.0623. The fourth-order valence-corrected chi connectivity index (χ4v) is 14.0. The van der Waals surface area contributed by atoms with E-state index in [0.29, 0.717) is 24.3 Å². The number of nitrogens with one attached hydrogen (secondary N) is 2. The third-order valence-corrected chi connectivity index (χ3v) is 17.5. The Bertz CT molecular complexity index is 2260. The van der Waals surface area contributed by atoms with E-state index in [1.807, 2.05) is 65.7 Å². The van der Waals surface area contributed by atoms with Crippen LogP contribution in [-0.4, -0.2) is 79.7 Å². The number of hydrogen-bond donors (Lipinski definition) is 3. The van der Waals surface area contributed by atoms with Gasteiger partial charge in [-0.25, -0.2) is 0 Å². The van der Waals surface area contributed by atoms with Crippen molar-refractivity contribution in [1.82, 2.24) is 9.88 Å². The van der Waals surface area contributed by atoms with Crippen LogP contribution >= 0.6 is 0 Å². The lowest BCUT2D eigenvalue weighted by Crippen LogP contribution is -2.52.